The molecule has 0 bridgehead atoms. The van der Waals surface area contributed by atoms with Gasteiger partial charge in [-0.25, -0.2) is 0 Å². The topological polar surface area (TPSA) is 49.9 Å². The first-order chi connectivity index (χ1) is 15.7. The van der Waals surface area contributed by atoms with Crippen LogP contribution in [0.1, 0.15) is 27.0 Å². The molecule has 3 heteroatoms. The zero-order valence-electron chi connectivity index (χ0n) is 17.1. The molecular weight excluding hydrogens is 394 g/mol. The number of carbonyl (C=O) groups excluding carboxylic acids is 1. The Labute approximate surface area is 182 Å². The van der Waals surface area contributed by atoms with Gasteiger partial charge in [-0.3, -0.25) is 9.59 Å². The second-order valence-corrected chi connectivity index (χ2v) is 8.54. The second-order valence-electron chi connectivity index (χ2n) is 8.54. The summed E-state index contributed by atoms with van der Waals surface area (Å²) < 4.78 is 0. The third-order valence-corrected chi connectivity index (χ3v) is 6.82. The van der Waals surface area contributed by atoms with Gasteiger partial charge in [0.2, 0.25) is 0 Å². The number of hydrogen-bond acceptors (Lipinski definition) is 2. The fourth-order valence-electron chi connectivity index (χ4n) is 5.24. The van der Waals surface area contributed by atoms with E-state index in [1.807, 2.05) is 72.8 Å². The predicted octanol–water partition coefficient (Wildman–Crippen LogP) is 6.12. The molecule has 3 nitrogen and oxygen atoms in total. The number of H-pyrrole nitrogens is 1. The summed E-state index contributed by atoms with van der Waals surface area (Å²) in [6, 6.07) is 27.8. The van der Waals surface area contributed by atoms with Crippen LogP contribution >= 0.6 is 0 Å². The maximum atomic E-state index is 13.5. The van der Waals surface area contributed by atoms with Crippen molar-refractivity contribution in [3.63, 3.8) is 0 Å². The maximum absolute atomic E-state index is 13.5. The SMILES string of the molecule is O=C1c2cc3[nH]c4c(ccc5ccccc54)c(=O)c3cc2Cc2c1ccc1ccccc21. The minimum atomic E-state index is -0.00142. The van der Waals surface area contributed by atoms with Gasteiger partial charge in [0, 0.05) is 27.3 Å². The summed E-state index contributed by atoms with van der Waals surface area (Å²) >= 11 is 0. The van der Waals surface area contributed by atoms with Gasteiger partial charge in [-0.15, -0.1) is 0 Å². The fraction of sp³-hybridized carbons (Fsp3) is 0.0345. The number of fused-ring (bicyclic) bond motifs is 8. The highest BCUT2D eigenvalue weighted by Crippen LogP contribution is 2.34. The van der Waals surface area contributed by atoms with Gasteiger partial charge in [-0.2, -0.15) is 0 Å². The van der Waals surface area contributed by atoms with E-state index in [4.69, 9.17) is 0 Å². The lowest BCUT2D eigenvalue weighted by Gasteiger charge is -2.21. The van der Waals surface area contributed by atoms with Gasteiger partial charge in [-0.1, -0.05) is 66.7 Å². The average molecular weight is 411 g/mol. The molecule has 1 heterocycles. The molecule has 0 saturated heterocycles. The Bertz CT molecular complexity index is 1840. The van der Waals surface area contributed by atoms with Crippen molar-refractivity contribution in [1.29, 1.82) is 0 Å². The van der Waals surface area contributed by atoms with Crippen molar-refractivity contribution in [2.24, 2.45) is 0 Å². The highest BCUT2D eigenvalue weighted by atomic mass is 16.1. The second kappa shape index (κ2) is 6.14. The Morgan fingerprint density at radius 2 is 1.34 bits per heavy atom. The molecule has 1 N–H and O–H groups in total. The lowest BCUT2D eigenvalue weighted by molar-refractivity contribution is 0.103. The highest BCUT2D eigenvalue weighted by Gasteiger charge is 2.26. The van der Waals surface area contributed by atoms with Gasteiger partial charge in [0.15, 0.2) is 11.2 Å². The van der Waals surface area contributed by atoms with Crippen LogP contribution in [0, 0.1) is 0 Å². The van der Waals surface area contributed by atoms with Gasteiger partial charge in [0.1, 0.15) is 0 Å². The molecule has 0 fully saturated rings. The van der Waals surface area contributed by atoms with E-state index >= 15 is 0 Å². The Morgan fingerprint density at radius 1 is 0.625 bits per heavy atom. The molecule has 32 heavy (non-hydrogen) atoms. The van der Waals surface area contributed by atoms with Crippen molar-refractivity contribution in [3.8, 4) is 0 Å². The normalized spacial score (nSPS) is 13.1. The summed E-state index contributed by atoms with van der Waals surface area (Å²) in [5, 5.41) is 5.60. The van der Waals surface area contributed by atoms with E-state index in [1.54, 1.807) is 0 Å². The van der Waals surface area contributed by atoms with Crippen LogP contribution in [0.15, 0.2) is 89.7 Å². The van der Waals surface area contributed by atoms with E-state index in [0.29, 0.717) is 28.3 Å². The van der Waals surface area contributed by atoms with Gasteiger partial charge >= 0.3 is 0 Å². The molecule has 1 aliphatic carbocycles. The first kappa shape index (κ1) is 17.4. The van der Waals surface area contributed by atoms with Crippen LogP contribution in [-0.2, 0) is 6.42 Å². The molecule has 0 spiro atoms. The number of aromatic nitrogens is 1. The smallest absolute Gasteiger partial charge is 0.197 e. The van der Waals surface area contributed by atoms with Crippen molar-refractivity contribution < 1.29 is 4.79 Å². The first-order valence-electron chi connectivity index (χ1n) is 10.7. The summed E-state index contributed by atoms with van der Waals surface area (Å²) in [7, 11) is 0. The molecule has 0 saturated carbocycles. The predicted molar refractivity (Wildman–Crippen MR) is 130 cm³/mol. The quantitative estimate of drug-likeness (QED) is 0.241. The molecule has 1 aliphatic rings. The Kier molecular flexibility index (Phi) is 3.35. The number of benzene rings is 5. The fourth-order valence-corrected chi connectivity index (χ4v) is 5.24. The van der Waals surface area contributed by atoms with Gasteiger partial charge in [0.25, 0.3) is 0 Å². The van der Waals surface area contributed by atoms with Crippen molar-refractivity contribution >= 4 is 49.1 Å². The molecule has 0 aliphatic heterocycles. The minimum absolute atomic E-state index is 0.00142. The van der Waals surface area contributed by atoms with Crippen molar-refractivity contribution in [2.45, 2.75) is 6.42 Å². The van der Waals surface area contributed by atoms with Crippen molar-refractivity contribution in [1.82, 2.24) is 4.98 Å². The zero-order valence-corrected chi connectivity index (χ0v) is 17.1. The summed E-state index contributed by atoms with van der Waals surface area (Å²) in [4.78, 5) is 30.4. The molecule has 0 unspecified atom stereocenters. The Hall–Kier alpha value is -4.24. The van der Waals surface area contributed by atoms with Crippen LogP contribution in [0.3, 0.4) is 0 Å². The minimum Gasteiger partial charge on any atom is -0.354 e. The molecule has 6 aromatic rings. The van der Waals surface area contributed by atoms with Crippen LogP contribution in [0.2, 0.25) is 0 Å². The first-order valence-corrected chi connectivity index (χ1v) is 10.7. The zero-order chi connectivity index (χ0) is 21.4. The van der Waals surface area contributed by atoms with E-state index in [0.717, 1.165) is 43.8 Å². The third kappa shape index (κ3) is 2.25. The molecular formula is C29H17NO2. The molecule has 150 valence electrons. The molecule has 0 amide bonds. The van der Waals surface area contributed by atoms with E-state index in [-0.39, 0.29) is 11.2 Å². The Morgan fingerprint density at radius 3 is 2.19 bits per heavy atom. The van der Waals surface area contributed by atoms with Crippen molar-refractivity contribution in [2.75, 3.05) is 0 Å². The van der Waals surface area contributed by atoms with Crippen molar-refractivity contribution in [3.05, 3.63) is 117 Å². The van der Waals surface area contributed by atoms with Crippen LogP contribution < -0.4 is 5.43 Å². The highest BCUT2D eigenvalue weighted by molar-refractivity contribution is 6.17. The number of pyridine rings is 1. The molecule has 0 radical (unpaired) electrons. The third-order valence-electron chi connectivity index (χ3n) is 6.82. The summed E-state index contributed by atoms with van der Waals surface area (Å²) in [5.41, 5.74) is 4.91. The number of rotatable bonds is 0. The molecule has 0 atom stereocenters. The van der Waals surface area contributed by atoms with Crippen LogP contribution in [0.5, 0.6) is 0 Å². The number of ketones is 1. The maximum Gasteiger partial charge on any atom is 0.197 e. The lowest BCUT2D eigenvalue weighted by atomic mass is 9.82. The van der Waals surface area contributed by atoms with Crippen LogP contribution in [0.25, 0.3) is 43.4 Å². The van der Waals surface area contributed by atoms with E-state index in [1.165, 1.54) is 0 Å². The summed E-state index contributed by atoms with van der Waals surface area (Å²) in [6.45, 7) is 0. The standard InChI is InChI=1S/C29H17NO2/c31-28-21-11-9-16-5-1-3-7-19(16)24(21)13-18-14-25-26(15-23(18)28)30-27-20-8-4-2-6-17(20)10-12-22(27)29(25)32/h1-12,14-15H,13H2,(H,30,32). The average Bonchev–Trinajstić information content (AvgIpc) is 2.83. The number of hydrogen-bond donors (Lipinski definition) is 1. The van der Waals surface area contributed by atoms with Gasteiger partial charge in [0.05, 0.1) is 11.0 Å². The van der Waals surface area contributed by atoms with Gasteiger partial charge < -0.3 is 4.98 Å². The van der Waals surface area contributed by atoms with Crippen LogP contribution in [0.4, 0.5) is 0 Å². The molecule has 1 aromatic heterocycles. The van der Waals surface area contributed by atoms with E-state index in [2.05, 4.69) is 17.1 Å². The van der Waals surface area contributed by atoms with E-state index in [9.17, 15) is 9.59 Å². The number of carbonyl (C=O) groups is 1. The molecule has 5 aromatic carbocycles. The van der Waals surface area contributed by atoms with E-state index < -0.39 is 0 Å². The van der Waals surface area contributed by atoms with Gasteiger partial charge in [-0.05, 0) is 51.9 Å². The molecule has 7 rings (SSSR count). The van der Waals surface area contributed by atoms with Crippen LogP contribution in [-0.4, -0.2) is 10.8 Å². The largest absolute Gasteiger partial charge is 0.354 e. The monoisotopic (exact) mass is 411 g/mol. The summed E-state index contributed by atoms with van der Waals surface area (Å²) in [6.07, 6.45) is 0.642. The Balaban J connectivity index is 1.54. The number of nitrogens with one attached hydrogen (secondary N) is 1. The number of aromatic amines is 1. The lowest BCUT2D eigenvalue weighted by Crippen LogP contribution is -2.17. The summed E-state index contributed by atoms with van der Waals surface area (Å²) in [5.74, 6) is 0.0211.